The molecule has 0 spiro atoms. The molecule has 0 radical (unpaired) electrons. The SMILES string of the molecule is CNC(=O)N(CCCl)CCCl. The Morgan fingerprint density at radius 2 is 1.82 bits per heavy atom. The number of amides is 2. The highest BCUT2D eigenvalue weighted by atomic mass is 35.5. The van der Waals surface area contributed by atoms with Gasteiger partial charge in [0.15, 0.2) is 0 Å². The molecular formula is C6H12Cl2N2O. The average molecular weight is 199 g/mol. The largest absolute Gasteiger partial charge is 0.341 e. The summed E-state index contributed by atoms with van der Waals surface area (Å²) >= 11 is 10.9. The van der Waals surface area contributed by atoms with E-state index < -0.39 is 0 Å². The summed E-state index contributed by atoms with van der Waals surface area (Å²) in [6, 6.07) is -0.133. The lowest BCUT2D eigenvalue weighted by atomic mass is 10.5. The van der Waals surface area contributed by atoms with Gasteiger partial charge in [-0.15, -0.1) is 23.2 Å². The Morgan fingerprint density at radius 3 is 2.09 bits per heavy atom. The summed E-state index contributed by atoms with van der Waals surface area (Å²) in [7, 11) is 1.58. The molecule has 5 heteroatoms. The standard InChI is InChI=1S/C6H12Cl2N2O/c1-9-6(11)10(4-2-7)5-3-8/h2-5H2,1H3,(H,9,11). The lowest BCUT2D eigenvalue weighted by Crippen LogP contribution is -2.40. The molecule has 0 bridgehead atoms. The first-order valence-electron chi connectivity index (χ1n) is 3.34. The number of carbonyl (C=O) groups excluding carboxylic acids is 1. The molecule has 0 aromatic rings. The van der Waals surface area contributed by atoms with Gasteiger partial charge in [-0.2, -0.15) is 0 Å². The van der Waals surface area contributed by atoms with Gasteiger partial charge in [0.05, 0.1) is 0 Å². The average Bonchev–Trinajstić information content (AvgIpc) is 2.03. The second-order valence-electron chi connectivity index (χ2n) is 1.92. The van der Waals surface area contributed by atoms with E-state index in [-0.39, 0.29) is 6.03 Å². The van der Waals surface area contributed by atoms with Crippen LogP contribution >= 0.6 is 23.2 Å². The Bertz CT molecular complexity index is 115. The third-order valence-electron chi connectivity index (χ3n) is 1.21. The smallest absolute Gasteiger partial charge is 0.317 e. The number of carbonyl (C=O) groups is 1. The molecule has 66 valence electrons. The van der Waals surface area contributed by atoms with E-state index in [2.05, 4.69) is 5.32 Å². The van der Waals surface area contributed by atoms with E-state index in [1.807, 2.05) is 0 Å². The van der Waals surface area contributed by atoms with Crippen LogP contribution in [0.15, 0.2) is 0 Å². The zero-order valence-electron chi connectivity index (χ0n) is 6.44. The molecule has 0 aromatic heterocycles. The Morgan fingerprint density at radius 1 is 1.36 bits per heavy atom. The predicted molar refractivity (Wildman–Crippen MR) is 47.5 cm³/mol. The van der Waals surface area contributed by atoms with Gasteiger partial charge in [-0.1, -0.05) is 0 Å². The van der Waals surface area contributed by atoms with Crippen LogP contribution in [-0.4, -0.2) is 42.8 Å². The van der Waals surface area contributed by atoms with Gasteiger partial charge in [-0.3, -0.25) is 0 Å². The number of rotatable bonds is 4. The van der Waals surface area contributed by atoms with E-state index in [1.165, 1.54) is 0 Å². The van der Waals surface area contributed by atoms with Gasteiger partial charge in [-0.25, -0.2) is 4.79 Å². The van der Waals surface area contributed by atoms with E-state index in [0.717, 1.165) is 0 Å². The molecule has 0 aliphatic carbocycles. The molecular weight excluding hydrogens is 187 g/mol. The molecule has 0 saturated carbocycles. The van der Waals surface area contributed by atoms with Crippen LogP contribution in [-0.2, 0) is 0 Å². The quantitative estimate of drug-likeness (QED) is 0.675. The number of nitrogens with one attached hydrogen (secondary N) is 1. The van der Waals surface area contributed by atoms with E-state index >= 15 is 0 Å². The number of urea groups is 1. The van der Waals surface area contributed by atoms with E-state index in [4.69, 9.17) is 23.2 Å². The lowest BCUT2D eigenvalue weighted by molar-refractivity contribution is 0.206. The van der Waals surface area contributed by atoms with Gasteiger partial charge < -0.3 is 10.2 Å². The number of alkyl halides is 2. The Balaban J connectivity index is 3.76. The van der Waals surface area contributed by atoms with Crippen molar-refractivity contribution >= 4 is 29.2 Å². The van der Waals surface area contributed by atoms with Crippen molar-refractivity contribution in [3.8, 4) is 0 Å². The number of halogens is 2. The fraction of sp³-hybridized carbons (Fsp3) is 0.833. The fourth-order valence-corrected chi connectivity index (χ4v) is 1.09. The molecule has 0 unspecified atom stereocenters. The first-order chi connectivity index (χ1) is 5.26. The third-order valence-corrected chi connectivity index (χ3v) is 1.55. The normalized spacial score (nSPS) is 9.36. The maximum atomic E-state index is 11.0. The van der Waals surface area contributed by atoms with Crippen LogP contribution in [0.3, 0.4) is 0 Å². The van der Waals surface area contributed by atoms with Crippen molar-refractivity contribution in [1.82, 2.24) is 10.2 Å². The van der Waals surface area contributed by atoms with Gasteiger partial charge in [0.1, 0.15) is 0 Å². The minimum Gasteiger partial charge on any atom is -0.341 e. The fourth-order valence-electron chi connectivity index (χ4n) is 0.677. The molecule has 0 saturated heterocycles. The summed E-state index contributed by atoms with van der Waals surface area (Å²) in [5.74, 6) is 0.870. The van der Waals surface area contributed by atoms with E-state index in [0.29, 0.717) is 24.8 Å². The van der Waals surface area contributed by atoms with Crippen molar-refractivity contribution in [3.05, 3.63) is 0 Å². The monoisotopic (exact) mass is 198 g/mol. The molecule has 0 aromatic carbocycles. The molecule has 1 N–H and O–H groups in total. The molecule has 11 heavy (non-hydrogen) atoms. The number of hydrogen-bond donors (Lipinski definition) is 1. The highest BCUT2D eigenvalue weighted by Crippen LogP contribution is 1.91. The number of hydrogen-bond acceptors (Lipinski definition) is 1. The van der Waals surface area contributed by atoms with Crippen molar-refractivity contribution in [2.24, 2.45) is 0 Å². The zero-order chi connectivity index (χ0) is 8.69. The highest BCUT2D eigenvalue weighted by molar-refractivity contribution is 6.18. The molecule has 0 fully saturated rings. The summed E-state index contributed by atoms with van der Waals surface area (Å²) in [4.78, 5) is 12.6. The van der Waals surface area contributed by atoms with Crippen molar-refractivity contribution in [1.29, 1.82) is 0 Å². The van der Waals surface area contributed by atoms with Crippen LogP contribution in [0.2, 0.25) is 0 Å². The molecule has 0 rings (SSSR count). The summed E-state index contributed by atoms with van der Waals surface area (Å²) in [6.07, 6.45) is 0. The van der Waals surface area contributed by atoms with E-state index in [1.54, 1.807) is 11.9 Å². The molecule has 0 atom stereocenters. The summed E-state index contributed by atoms with van der Waals surface area (Å²) in [5.41, 5.74) is 0. The predicted octanol–water partition coefficient (Wildman–Crippen LogP) is 1.11. The van der Waals surface area contributed by atoms with Crippen molar-refractivity contribution < 1.29 is 4.79 Å². The van der Waals surface area contributed by atoms with Crippen molar-refractivity contribution in [2.45, 2.75) is 0 Å². The van der Waals surface area contributed by atoms with Gasteiger partial charge in [-0.05, 0) is 0 Å². The van der Waals surface area contributed by atoms with E-state index in [9.17, 15) is 4.79 Å². The Labute approximate surface area is 76.6 Å². The first-order valence-corrected chi connectivity index (χ1v) is 4.41. The van der Waals surface area contributed by atoms with Gasteiger partial charge in [0.2, 0.25) is 0 Å². The van der Waals surface area contributed by atoms with Gasteiger partial charge in [0, 0.05) is 31.9 Å². The second kappa shape index (κ2) is 6.55. The highest BCUT2D eigenvalue weighted by Gasteiger charge is 2.08. The summed E-state index contributed by atoms with van der Waals surface area (Å²) in [5, 5.41) is 2.50. The third kappa shape index (κ3) is 4.32. The maximum Gasteiger partial charge on any atom is 0.317 e. The molecule has 3 nitrogen and oxygen atoms in total. The topological polar surface area (TPSA) is 32.3 Å². The maximum absolute atomic E-state index is 11.0. The number of nitrogens with zero attached hydrogens (tertiary/aromatic N) is 1. The Kier molecular flexibility index (Phi) is 6.46. The summed E-state index contributed by atoms with van der Waals surface area (Å²) in [6.45, 7) is 1.07. The van der Waals surface area contributed by atoms with Crippen LogP contribution in [0.1, 0.15) is 0 Å². The minimum absolute atomic E-state index is 0.133. The minimum atomic E-state index is -0.133. The van der Waals surface area contributed by atoms with Gasteiger partial charge in [0.25, 0.3) is 0 Å². The molecule has 0 aliphatic rings. The van der Waals surface area contributed by atoms with Crippen LogP contribution in [0.25, 0.3) is 0 Å². The first kappa shape index (κ1) is 10.8. The summed E-state index contributed by atoms with van der Waals surface area (Å²) < 4.78 is 0. The van der Waals surface area contributed by atoms with Crippen LogP contribution in [0.5, 0.6) is 0 Å². The van der Waals surface area contributed by atoms with Crippen LogP contribution in [0.4, 0.5) is 4.79 Å². The van der Waals surface area contributed by atoms with Crippen molar-refractivity contribution in [3.63, 3.8) is 0 Å². The van der Waals surface area contributed by atoms with Crippen LogP contribution in [0, 0.1) is 0 Å². The zero-order valence-corrected chi connectivity index (χ0v) is 7.95. The Hall–Kier alpha value is -0.150. The molecule has 0 heterocycles. The van der Waals surface area contributed by atoms with Gasteiger partial charge >= 0.3 is 6.03 Å². The van der Waals surface area contributed by atoms with Crippen LogP contribution < -0.4 is 5.32 Å². The van der Waals surface area contributed by atoms with Crippen molar-refractivity contribution in [2.75, 3.05) is 31.9 Å². The molecule has 0 aliphatic heterocycles. The lowest BCUT2D eigenvalue weighted by Gasteiger charge is -2.19. The second-order valence-corrected chi connectivity index (χ2v) is 2.68. The molecule has 2 amide bonds.